The lowest BCUT2D eigenvalue weighted by Crippen LogP contribution is -2.08. The number of carbonyl (C=O) groups is 1. The molecule has 1 unspecified atom stereocenters. The number of aliphatic hydroxyl groups is 1. The fourth-order valence-corrected chi connectivity index (χ4v) is 2.61. The van der Waals surface area contributed by atoms with Crippen molar-refractivity contribution in [1.29, 1.82) is 0 Å². The summed E-state index contributed by atoms with van der Waals surface area (Å²) in [5.74, 6) is -1.14. The first-order valence-corrected chi connectivity index (χ1v) is 6.23. The third kappa shape index (κ3) is 2.02. The topological polar surface area (TPSA) is 86.2 Å². The number of carboxylic acid groups (broad SMARTS) is 1. The second kappa shape index (κ2) is 4.51. The Morgan fingerprint density at radius 1 is 1.32 bits per heavy atom. The van der Waals surface area contributed by atoms with Gasteiger partial charge in [-0.2, -0.15) is 0 Å². The monoisotopic (exact) mass is 258 g/mol. The van der Waals surface area contributed by atoms with Crippen LogP contribution >= 0.6 is 0 Å². The molecule has 1 atom stereocenters. The number of rotatable bonds is 3. The van der Waals surface area contributed by atoms with Crippen molar-refractivity contribution in [2.45, 2.75) is 25.4 Å². The Labute approximate surface area is 109 Å². The van der Waals surface area contributed by atoms with Gasteiger partial charge in [-0.15, -0.1) is 0 Å². The number of nitrogens with zero attached hydrogens (tertiary/aromatic N) is 1. The minimum atomic E-state index is -1.14. The predicted octanol–water partition coefficient (Wildman–Crippen LogP) is 1.68. The molecule has 0 amide bonds. The molecule has 19 heavy (non-hydrogen) atoms. The first-order chi connectivity index (χ1) is 9.16. The molecule has 0 fully saturated rings. The fraction of sp³-hybridized carbons (Fsp3) is 0.286. The normalized spacial score (nSPS) is 15.2. The van der Waals surface area contributed by atoms with E-state index in [1.54, 1.807) is 0 Å². The fourth-order valence-electron chi connectivity index (χ4n) is 2.61. The standard InChI is InChI=1S/C14H14N2O3/c17-13(11-12(14(18)19)16-7-15-11)10-5-4-8-2-1-3-9(8)6-10/h4-7,13,17H,1-3H2,(H,15,16)(H,18,19). The van der Waals surface area contributed by atoms with Gasteiger partial charge in [-0.3, -0.25) is 0 Å². The maximum Gasteiger partial charge on any atom is 0.356 e. The smallest absolute Gasteiger partial charge is 0.356 e. The number of aryl methyl sites for hydroxylation is 2. The van der Waals surface area contributed by atoms with Crippen LogP contribution in [0.5, 0.6) is 0 Å². The van der Waals surface area contributed by atoms with E-state index in [1.165, 1.54) is 17.5 Å². The number of imidazole rings is 1. The van der Waals surface area contributed by atoms with Gasteiger partial charge in [0, 0.05) is 0 Å². The molecule has 2 aromatic rings. The lowest BCUT2D eigenvalue weighted by atomic mass is 10.00. The number of carboxylic acids is 1. The van der Waals surface area contributed by atoms with Crippen LogP contribution in [0.2, 0.25) is 0 Å². The number of fused-ring (bicyclic) bond motifs is 1. The molecular weight excluding hydrogens is 244 g/mol. The Morgan fingerprint density at radius 3 is 2.89 bits per heavy atom. The third-order valence-corrected chi connectivity index (χ3v) is 3.58. The summed E-state index contributed by atoms with van der Waals surface area (Å²) in [7, 11) is 0. The number of aromatic amines is 1. The number of aliphatic hydroxyl groups excluding tert-OH is 1. The molecule has 0 bridgehead atoms. The Bertz CT molecular complexity index is 633. The van der Waals surface area contributed by atoms with Crippen LogP contribution in [-0.2, 0) is 12.8 Å². The van der Waals surface area contributed by atoms with Gasteiger partial charge in [-0.25, -0.2) is 9.78 Å². The van der Waals surface area contributed by atoms with E-state index in [4.69, 9.17) is 5.11 Å². The second-order valence-electron chi connectivity index (χ2n) is 4.75. The average molecular weight is 258 g/mol. The molecule has 5 nitrogen and oxygen atoms in total. The zero-order valence-corrected chi connectivity index (χ0v) is 10.3. The first kappa shape index (κ1) is 11.9. The lowest BCUT2D eigenvalue weighted by molar-refractivity contribution is 0.0685. The van der Waals surface area contributed by atoms with Gasteiger partial charge in [0.05, 0.1) is 12.0 Å². The average Bonchev–Trinajstić information content (AvgIpc) is 3.05. The van der Waals surface area contributed by atoms with Crippen molar-refractivity contribution in [2.24, 2.45) is 0 Å². The molecule has 0 saturated carbocycles. The zero-order chi connectivity index (χ0) is 13.4. The molecule has 0 saturated heterocycles. The summed E-state index contributed by atoms with van der Waals surface area (Å²) in [6, 6.07) is 5.82. The molecule has 0 spiro atoms. The van der Waals surface area contributed by atoms with Crippen molar-refractivity contribution in [2.75, 3.05) is 0 Å². The van der Waals surface area contributed by atoms with Crippen molar-refractivity contribution in [1.82, 2.24) is 9.97 Å². The second-order valence-corrected chi connectivity index (χ2v) is 4.75. The molecule has 3 rings (SSSR count). The van der Waals surface area contributed by atoms with Gasteiger partial charge >= 0.3 is 5.97 Å². The molecule has 1 aliphatic rings. The molecule has 1 heterocycles. The molecule has 1 aromatic carbocycles. The van der Waals surface area contributed by atoms with Gasteiger partial charge in [-0.05, 0) is 36.0 Å². The maximum atomic E-state index is 11.0. The van der Waals surface area contributed by atoms with E-state index >= 15 is 0 Å². The van der Waals surface area contributed by atoms with Crippen LogP contribution < -0.4 is 0 Å². The summed E-state index contributed by atoms with van der Waals surface area (Å²) in [6.45, 7) is 0. The van der Waals surface area contributed by atoms with Crippen LogP contribution in [0.4, 0.5) is 0 Å². The molecule has 3 N–H and O–H groups in total. The largest absolute Gasteiger partial charge is 0.476 e. The number of aromatic nitrogens is 2. The quantitative estimate of drug-likeness (QED) is 0.781. The van der Waals surface area contributed by atoms with E-state index in [9.17, 15) is 9.90 Å². The maximum absolute atomic E-state index is 11.0. The van der Waals surface area contributed by atoms with E-state index in [-0.39, 0.29) is 11.4 Å². The third-order valence-electron chi connectivity index (χ3n) is 3.58. The number of hydrogen-bond donors (Lipinski definition) is 3. The van der Waals surface area contributed by atoms with E-state index in [0.717, 1.165) is 19.3 Å². The molecule has 0 radical (unpaired) electrons. The number of nitrogens with one attached hydrogen (secondary N) is 1. The highest BCUT2D eigenvalue weighted by Gasteiger charge is 2.22. The molecule has 98 valence electrons. The zero-order valence-electron chi connectivity index (χ0n) is 10.3. The number of hydrogen-bond acceptors (Lipinski definition) is 3. The van der Waals surface area contributed by atoms with Gasteiger partial charge in [-0.1, -0.05) is 18.2 Å². The number of H-pyrrole nitrogens is 1. The molecule has 1 aliphatic carbocycles. The van der Waals surface area contributed by atoms with E-state index in [0.29, 0.717) is 5.56 Å². The number of aromatic carboxylic acids is 1. The van der Waals surface area contributed by atoms with Crippen molar-refractivity contribution in [3.63, 3.8) is 0 Å². The van der Waals surface area contributed by atoms with Gasteiger partial charge in [0.1, 0.15) is 6.10 Å². The highest BCUT2D eigenvalue weighted by molar-refractivity contribution is 5.86. The van der Waals surface area contributed by atoms with Gasteiger partial charge in [0.15, 0.2) is 5.69 Å². The predicted molar refractivity (Wildman–Crippen MR) is 68.1 cm³/mol. The minimum Gasteiger partial charge on any atom is -0.476 e. The summed E-state index contributed by atoms with van der Waals surface area (Å²) < 4.78 is 0. The molecule has 5 heteroatoms. The summed E-state index contributed by atoms with van der Waals surface area (Å²) in [5, 5.41) is 19.3. The van der Waals surface area contributed by atoms with E-state index in [2.05, 4.69) is 9.97 Å². The van der Waals surface area contributed by atoms with Crippen molar-refractivity contribution in [3.05, 3.63) is 52.6 Å². The summed E-state index contributed by atoms with van der Waals surface area (Å²) in [5.41, 5.74) is 3.36. The van der Waals surface area contributed by atoms with Gasteiger partial charge < -0.3 is 15.2 Å². The minimum absolute atomic E-state index is 0.131. The van der Waals surface area contributed by atoms with Crippen LogP contribution in [0.15, 0.2) is 24.5 Å². The highest BCUT2D eigenvalue weighted by atomic mass is 16.4. The Morgan fingerprint density at radius 2 is 2.11 bits per heavy atom. The highest BCUT2D eigenvalue weighted by Crippen LogP contribution is 2.28. The van der Waals surface area contributed by atoms with Crippen LogP contribution in [0.3, 0.4) is 0 Å². The summed E-state index contributed by atoms with van der Waals surface area (Å²) >= 11 is 0. The SMILES string of the molecule is O=C(O)c1nc[nH]c1C(O)c1ccc2c(c1)CCC2. The van der Waals surface area contributed by atoms with E-state index in [1.807, 2.05) is 18.2 Å². The molecular formula is C14H14N2O3. The molecule has 1 aromatic heterocycles. The Kier molecular flexibility index (Phi) is 2.83. The van der Waals surface area contributed by atoms with Crippen LogP contribution in [0, 0.1) is 0 Å². The summed E-state index contributed by atoms with van der Waals surface area (Å²) in [6.07, 6.45) is 3.54. The van der Waals surface area contributed by atoms with Crippen molar-refractivity contribution < 1.29 is 15.0 Å². The van der Waals surface area contributed by atoms with Gasteiger partial charge in [0.2, 0.25) is 0 Å². The lowest BCUT2D eigenvalue weighted by Gasteiger charge is -2.12. The Balaban J connectivity index is 1.97. The van der Waals surface area contributed by atoms with E-state index < -0.39 is 12.1 Å². The first-order valence-electron chi connectivity index (χ1n) is 6.23. The van der Waals surface area contributed by atoms with Crippen molar-refractivity contribution in [3.8, 4) is 0 Å². The van der Waals surface area contributed by atoms with Crippen molar-refractivity contribution >= 4 is 5.97 Å². The van der Waals surface area contributed by atoms with Crippen LogP contribution in [-0.4, -0.2) is 26.2 Å². The molecule has 0 aliphatic heterocycles. The van der Waals surface area contributed by atoms with Crippen LogP contribution in [0.25, 0.3) is 0 Å². The van der Waals surface area contributed by atoms with Gasteiger partial charge in [0.25, 0.3) is 0 Å². The summed E-state index contributed by atoms with van der Waals surface area (Å²) in [4.78, 5) is 17.4. The van der Waals surface area contributed by atoms with Crippen LogP contribution in [0.1, 0.15) is 45.4 Å². The Hall–Kier alpha value is -2.14. The number of benzene rings is 1.